The standard InChI is InChI=1S/C15H13F4N3O3/c16-10-2-1-9(6-11(10)17)22-15(24)21-7-12(23)8-3-4-20-13(5-8)25-14(18)19/h1-6,12,14,23H,7H2,(H2,21,22,24)/t12-/m1/s1. The molecule has 0 aliphatic carbocycles. The first-order valence-electron chi connectivity index (χ1n) is 6.94. The monoisotopic (exact) mass is 359 g/mol. The molecular weight excluding hydrogens is 346 g/mol. The molecule has 0 radical (unpaired) electrons. The highest BCUT2D eigenvalue weighted by molar-refractivity contribution is 5.89. The number of aliphatic hydroxyl groups excluding tert-OH is 1. The summed E-state index contributed by atoms with van der Waals surface area (Å²) >= 11 is 0. The first-order chi connectivity index (χ1) is 11.8. The van der Waals surface area contributed by atoms with Gasteiger partial charge in [-0.05, 0) is 23.8 Å². The molecule has 2 aromatic rings. The average molecular weight is 359 g/mol. The van der Waals surface area contributed by atoms with Gasteiger partial charge in [0.2, 0.25) is 5.88 Å². The minimum Gasteiger partial charge on any atom is -0.417 e. The summed E-state index contributed by atoms with van der Waals surface area (Å²) < 4.78 is 54.2. The van der Waals surface area contributed by atoms with Crippen LogP contribution in [-0.4, -0.2) is 29.3 Å². The fourth-order valence-electron chi connectivity index (χ4n) is 1.84. The van der Waals surface area contributed by atoms with Crippen molar-refractivity contribution in [1.82, 2.24) is 10.3 Å². The van der Waals surface area contributed by atoms with Crippen LogP contribution in [0.1, 0.15) is 11.7 Å². The molecule has 1 aromatic carbocycles. The Balaban J connectivity index is 1.89. The Labute approximate surface area is 139 Å². The van der Waals surface area contributed by atoms with Gasteiger partial charge in [0.1, 0.15) is 0 Å². The Morgan fingerprint density at radius 3 is 2.64 bits per heavy atom. The molecule has 0 fully saturated rings. The summed E-state index contributed by atoms with van der Waals surface area (Å²) in [6.45, 7) is -3.33. The maximum atomic E-state index is 13.0. The molecule has 1 aromatic heterocycles. The lowest BCUT2D eigenvalue weighted by Gasteiger charge is -2.14. The van der Waals surface area contributed by atoms with Crippen LogP contribution in [0.4, 0.5) is 28.0 Å². The number of urea groups is 1. The molecule has 1 heterocycles. The van der Waals surface area contributed by atoms with Crippen molar-refractivity contribution >= 4 is 11.7 Å². The number of aliphatic hydroxyl groups is 1. The SMILES string of the molecule is O=C(NC[C@@H](O)c1ccnc(OC(F)F)c1)Nc1ccc(F)c(F)c1. The van der Waals surface area contributed by atoms with Gasteiger partial charge < -0.3 is 20.5 Å². The van der Waals surface area contributed by atoms with Gasteiger partial charge in [0.25, 0.3) is 0 Å². The van der Waals surface area contributed by atoms with Gasteiger partial charge in [-0.25, -0.2) is 18.6 Å². The van der Waals surface area contributed by atoms with E-state index in [2.05, 4.69) is 20.4 Å². The van der Waals surface area contributed by atoms with Crippen molar-refractivity contribution in [3.05, 3.63) is 53.7 Å². The molecule has 2 rings (SSSR count). The van der Waals surface area contributed by atoms with Crippen molar-refractivity contribution in [2.45, 2.75) is 12.7 Å². The van der Waals surface area contributed by atoms with Crippen LogP contribution in [0.5, 0.6) is 5.88 Å². The van der Waals surface area contributed by atoms with Gasteiger partial charge in [0.05, 0.1) is 6.10 Å². The van der Waals surface area contributed by atoms with Crippen molar-refractivity contribution in [2.75, 3.05) is 11.9 Å². The van der Waals surface area contributed by atoms with Crippen LogP contribution in [0.15, 0.2) is 36.5 Å². The summed E-state index contributed by atoms with van der Waals surface area (Å²) in [5.41, 5.74) is 0.209. The zero-order chi connectivity index (χ0) is 18.4. The molecule has 0 bridgehead atoms. The van der Waals surface area contributed by atoms with E-state index >= 15 is 0 Å². The molecule has 3 N–H and O–H groups in total. The number of nitrogens with one attached hydrogen (secondary N) is 2. The summed E-state index contributed by atoms with van der Waals surface area (Å²) in [5.74, 6) is -2.56. The van der Waals surface area contributed by atoms with Gasteiger partial charge in [0.15, 0.2) is 11.6 Å². The molecule has 6 nitrogen and oxygen atoms in total. The molecule has 2 amide bonds. The number of nitrogens with zero attached hydrogens (tertiary/aromatic N) is 1. The Hall–Kier alpha value is -2.88. The molecule has 0 spiro atoms. The number of pyridine rings is 1. The van der Waals surface area contributed by atoms with Gasteiger partial charge >= 0.3 is 12.6 Å². The minimum atomic E-state index is -3.06. The van der Waals surface area contributed by atoms with Crippen LogP contribution in [0.3, 0.4) is 0 Å². The number of anilines is 1. The van der Waals surface area contributed by atoms with E-state index in [0.717, 1.165) is 30.5 Å². The van der Waals surface area contributed by atoms with Crippen LogP contribution in [0.2, 0.25) is 0 Å². The average Bonchev–Trinajstić information content (AvgIpc) is 2.55. The zero-order valence-corrected chi connectivity index (χ0v) is 12.5. The quantitative estimate of drug-likeness (QED) is 0.693. The molecule has 0 saturated heterocycles. The zero-order valence-electron chi connectivity index (χ0n) is 12.5. The fraction of sp³-hybridized carbons (Fsp3) is 0.200. The largest absolute Gasteiger partial charge is 0.417 e. The van der Waals surface area contributed by atoms with E-state index in [0.29, 0.717) is 0 Å². The van der Waals surface area contributed by atoms with Crippen LogP contribution >= 0.6 is 0 Å². The van der Waals surface area contributed by atoms with Crippen LogP contribution in [0.25, 0.3) is 0 Å². The van der Waals surface area contributed by atoms with Gasteiger partial charge in [-0.2, -0.15) is 8.78 Å². The van der Waals surface area contributed by atoms with E-state index in [9.17, 15) is 27.5 Å². The van der Waals surface area contributed by atoms with Gasteiger partial charge in [-0.3, -0.25) is 0 Å². The number of carbonyl (C=O) groups is 1. The van der Waals surface area contributed by atoms with Crippen molar-refractivity contribution in [2.24, 2.45) is 0 Å². The lowest BCUT2D eigenvalue weighted by atomic mass is 10.1. The van der Waals surface area contributed by atoms with Crippen molar-refractivity contribution in [3.63, 3.8) is 0 Å². The number of ether oxygens (including phenoxy) is 1. The fourth-order valence-corrected chi connectivity index (χ4v) is 1.84. The summed E-state index contributed by atoms with van der Waals surface area (Å²) in [6, 6.07) is 4.49. The highest BCUT2D eigenvalue weighted by atomic mass is 19.3. The smallest absolute Gasteiger partial charge is 0.388 e. The Morgan fingerprint density at radius 2 is 1.96 bits per heavy atom. The molecule has 10 heteroatoms. The molecule has 0 aliphatic rings. The minimum absolute atomic E-state index is 0.0161. The number of aromatic nitrogens is 1. The number of hydrogen-bond donors (Lipinski definition) is 3. The number of carbonyl (C=O) groups excluding carboxylic acids is 1. The number of amides is 2. The first kappa shape index (κ1) is 18.5. The Bertz CT molecular complexity index is 746. The maximum Gasteiger partial charge on any atom is 0.388 e. The van der Waals surface area contributed by atoms with Crippen molar-refractivity contribution in [1.29, 1.82) is 0 Å². The summed E-state index contributed by atoms with van der Waals surface area (Å²) in [5, 5.41) is 14.5. The molecule has 0 saturated carbocycles. The maximum absolute atomic E-state index is 13.0. The van der Waals surface area contributed by atoms with E-state index in [1.807, 2.05) is 0 Å². The molecular formula is C15H13F4N3O3. The van der Waals surface area contributed by atoms with Crippen molar-refractivity contribution in [3.8, 4) is 5.88 Å². The van der Waals surface area contributed by atoms with E-state index < -0.39 is 30.4 Å². The molecule has 0 unspecified atom stereocenters. The Kier molecular flexibility index (Phi) is 6.12. The van der Waals surface area contributed by atoms with Crippen LogP contribution < -0.4 is 15.4 Å². The van der Waals surface area contributed by atoms with E-state index in [-0.39, 0.29) is 23.7 Å². The number of alkyl halides is 2. The molecule has 0 aliphatic heterocycles. The summed E-state index contributed by atoms with van der Waals surface area (Å²) in [7, 11) is 0. The second kappa shape index (κ2) is 8.29. The lowest BCUT2D eigenvalue weighted by Crippen LogP contribution is -2.32. The third-order valence-electron chi connectivity index (χ3n) is 2.99. The highest BCUT2D eigenvalue weighted by Gasteiger charge is 2.13. The highest BCUT2D eigenvalue weighted by Crippen LogP contribution is 2.18. The topological polar surface area (TPSA) is 83.5 Å². The van der Waals surface area contributed by atoms with E-state index in [1.54, 1.807) is 0 Å². The third-order valence-corrected chi connectivity index (χ3v) is 2.99. The number of halogens is 4. The van der Waals surface area contributed by atoms with Gasteiger partial charge in [-0.15, -0.1) is 0 Å². The second-order valence-corrected chi connectivity index (χ2v) is 4.79. The second-order valence-electron chi connectivity index (χ2n) is 4.79. The number of benzene rings is 1. The molecule has 134 valence electrons. The predicted octanol–water partition coefficient (Wildman–Crippen LogP) is 2.82. The van der Waals surface area contributed by atoms with Crippen molar-refractivity contribution < 1.29 is 32.2 Å². The normalized spacial score (nSPS) is 11.9. The van der Waals surface area contributed by atoms with Crippen LogP contribution in [0, 0.1) is 11.6 Å². The number of rotatable bonds is 6. The van der Waals surface area contributed by atoms with Crippen LogP contribution in [-0.2, 0) is 0 Å². The lowest BCUT2D eigenvalue weighted by molar-refractivity contribution is -0.0530. The summed E-state index contributed by atoms with van der Waals surface area (Å²) in [6.07, 6.45) is -0.0591. The number of hydrogen-bond acceptors (Lipinski definition) is 4. The summed E-state index contributed by atoms with van der Waals surface area (Å²) in [4.78, 5) is 15.2. The predicted molar refractivity (Wildman–Crippen MR) is 79.2 cm³/mol. The first-order valence-corrected chi connectivity index (χ1v) is 6.94. The Morgan fingerprint density at radius 1 is 1.20 bits per heavy atom. The van der Waals surface area contributed by atoms with E-state index in [1.165, 1.54) is 6.07 Å². The molecule has 1 atom stereocenters. The van der Waals surface area contributed by atoms with Gasteiger partial charge in [0, 0.05) is 30.6 Å². The molecule has 25 heavy (non-hydrogen) atoms. The third kappa shape index (κ3) is 5.60. The van der Waals surface area contributed by atoms with E-state index in [4.69, 9.17) is 0 Å². The van der Waals surface area contributed by atoms with Gasteiger partial charge in [-0.1, -0.05) is 0 Å².